The van der Waals surface area contributed by atoms with Crippen molar-refractivity contribution in [2.75, 3.05) is 27.2 Å². The number of aliphatic hydroxyl groups excluding tert-OH is 1. The van der Waals surface area contributed by atoms with Crippen molar-refractivity contribution in [3.05, 3.63) is 29.3 Å². The summed E-state index contributed by atoms with van der Waals surface area (Å²) in [5.41, 5.74) is -0.00751. The predicted molar refractivity (Wildman–Crippen MR) is 66.0 cm³/mol. The van der Waals surface area contributed by atoms with Crippen LogP contribution in [0.15, 0.2) is 17.0 Å². The van der Waals surface area contributed by atoms with Crippen LogP contribution in [-0.2, 0) is 16.6 Å². The highest BCUT2D eigenvalue weighted by atomic mass is 32.2. The molecule has 1 aromatic carbocycles. The van der Waals surface area contributed by atoms with E-state index < -0.39 is 33.2 Å². The summed E-state index contributed by atoms with van der Waals surface area (Å²) in [6, 6.07) is 1.67. The first kappa shape index (κ1) is 16.0. The quantitative estimate of drug-likeness (QED) is 0.791. The maximum Gasteiger partial charge on any atom is 0.243 e. The number of hydrogen-bond acceptors (Lipinski definition) is 4. The lowest BCUT2D eigenvalue weighted by Gasteiger charge is -2.12. The van der Waals surface area contributed by atoms with Gasteiger partial charge in [-0.25, -0.2) is 21.9 Å². The molecule has 0 saturated carbocycles. The van der Waals surface area contributed by atoms with E-state index in [9.17, 15) is 17.2 Å². The Balaban J connectivity index is 3.03. The van der Waals surface area contributed by atoms with Gasteiger partial charge in [-0.05, 0) is 31.8 Å². The molecule has 0 aliphatic heterocycles. The minimum Gasteiger partial charge on any atom is -0.392 e. The number of hydrogen-bond donors (Lipinski definition) is 2. The molecule has 8 heteroatoms. The minimum absolute atomic E-state index is 0.00751. The summed E-state index contributed by atoms with van der Waals surface area (Å²) in [5.74, 6) is -2.76. The van der Waals surface area contributed by atoms with Gasteiger partial charge in [0.15, 0.2) is 11.6 Å². The Kier molecular flexibility index (Phi) is 5.36. The average molecular weight is 294 g/mol. The van der Waals surface area contributed by atoms with Crippen molar-refractivity contribution in [3.8, 4) is 0 Å². The predicted octanol–water partition coefficient (Wildman–Crippen LogP) is 0.297. The Hall–Kier alpha value is -1.09. The lowest BCUT2D eigenvalue weighted by Crippen LogP contribution is -2.32. The molecule has 0 saturated heterocycles. The number of halogens is 2. The van der Waals surface area contributed by atoms with Crippen molar-refractivity contribution in [2.45, 2.75) is 11.5 Å². The molecule has 1 aromatic rings. The second-order valence-electron chi connectivity index (χ2n) is 4.25. The van der Waals surface area contributed by atoms with Crippen LogP contribution in [0.4, 0.5) is 8.78 Å². The molecule has 0 atom stereocenters. The van der Waals surface area contributed by atoms with E-state index in [4.69, 9.17) is 5.11 Å². The van der Waals surface area contributed by atoms with Gasteiger partial charge in [-0.1, -0.05) is 0 Å². The van der Waals surface area contributed by atoms with Crippen molar-refractivity contribution >= 4 is 10.0 Å². The number of sulfonamides is 1. The molecule has 0 aromatic heterocycles. The van der Waals surface area contributed by atoms with E-state index in [0.717, 1.165) is 12.1 Å². The summed E-state index contributed by atoms with van der Waals surface area (Å²) >= 11 is 0. The van der Waals surface area contributed by atoms with Gasteiger partial charge in [0.25, 0.3) is 0 Å². The normalized spacial score (nSPS) is 12.1. The van der Waals surface area contributed by atoms with Crippen molar-refractivity contribution in [3.63, 3.8) is 0 Å². The molecule has 0 radical (unpaired) electrons. The monoisotopic (exact) mass is 294 g/mol. The molecule has 0 fully saturated rings. The van der Waals surface area contributed by atoms with Gasteiger partial charge in [-0.15, -0.1) is 0 Å². The van der Waals surface area contributed by atoms with Gasteiger partial charge in [0.1, 0.15) is 4.90 Å². The maximum absolute atomic E-state index is 13.5. The van der Waals surface area contributed by atoms with E-state index in [0.29, 0.717) is 6.54 Å². The topological polar surface area (TPSA) is 69.6 Å². The molecular formula is C11H16F2N2O3S. The average Bonchev–Trinajstić information content (AvgIpc) is 2.31. The summed E-state index contributed by atoms with van der Waals surface area (Å²) in [6.07, 6.45) is 0. The summed E-state index contributed by atoms with van der Waals surface area (Å²) in [7, 11) is -0.643. The number of benzene rings is 1. The fourth-order valence-electron chi connectivity index (χ4n) is 1.39. The molecule has 108 valence electrons. The van der Waals surface area contributed by atoms with E-state index in [1.54, 1.807) is 19.0 Å². The van der Waals surface area contributed by atoms with Crippen LogP contribution in [0.3, 0.4) is 0 Å². The Morgan fingerprint density at radius 2 is 1.95 bits per heavy atom. The molecule has 1 rings (SSSR count). The van der Waals surface area contributed by atoms with Crippen LogP contribution in [0.1, 0.15) is 5.56 Å². The number of rotatable bonds is 6. The molecular weight excluding hydrogens is 278 g/mol. The third kappa shape index (κ3) is 4.20. The summed E-state index contributed by atoms with van der Waals surface area (Å²) in [4.78, 5) is 0.944. The molecule has 2 N–H and O–H groups in total. The summed E-state index contributed by atoms with van der Waals surface area (Å²) in [5, 5.41) is 8.88. The molecule has 0 heterocycles. The Morgan fingerprint density at radius 3 is 2.47 bits per heavy atom. The van der Waals surface area contributed by atoms with Crippen LogP contribution in [0.25, 0.3) is 0 Å². The van der Waals surface area contributed by atoms with Crippen LogP contribution in [0.5, 0.6) is 0 Å². The molecule has 0 amide bonds. The van der Waals surface area contributed by atoms with Crippen LogP contribution < -0.4 is 4.72 Å². The zero-order chi connectivity index (χ0) is 14.6. The fourth-order valence-corrected chi connectivity index (χ4v) is 2.54. The van der Waals surface area contributed by atoms with Gasteiger partial charge in [0.05, 0.1) is 6.61 Å². The summed E-state index contributed by atoms with van der Waals surface area (Å²) < 4.78 is 52.6. The number of aliphatic hydroxyl groups is 1. The highest BCUT2D eigenvalue weighted by molar-refractivity contribution is 7.89. The first-order chi connectivity index (χ1) is 8.77. The molecule has 0 spiro atoms. The SMILES string of the molecule is CN(C)CCNS(=O)(=O)c1cc(CO)cc(F)c1F. The van der Waals surface area contributed by atoms with Gasteiger partial charge in [0, 0.05) is 13.1 Å². The number of nitrogens with one attached hydrogen (secondary N) is 1. The Labute approximate surface area is 110 Å². The lowest BCUT2D eigenvalue weighted by atomic mass is 10.2. The van der Waals surface area contributed by atoms with Crippen LogP contribution in [0, 0.1) is 11.6 Å². The van der Waals surface area contributed by atoms with Crippen molar-refractivity contribution in [1.29, 1.82) is 0 Å². The highest BCUT2D eigenvalue weighted by Gasteiger charge is 2.22. The fraction of sp³-hybridized carbons (Fsp3) is 0.455. The largest absolute Gasteiger partial charge is 0.392 e. The molecule has 0 unspecified atom stereocenters. The van der Waals surface area contributed by atoms with E-state index in [1.807, 2.05) is 0 Å². The van der Waals surface area contributed by atoms with E-state index >= 15 is 0 Å². The zero-order valence-corrected chi connectivity index (χ0v) is 11.5. The van der Waals surface area contributed by atoms with E-state index in [2.05, 4.69) is 4.72 Å². The maximum atomic E-state index is 13.5. The van der Waals surface area contributed by atoms with Crippen molar-refractivity contribution in [1.82, 2.24) is 9.62 Å². The third-order valence-corrected chi connectivity index (χ3v) is 3.84. The Morgan fingerprint density at radius 1 is 1.32 bits per heavy atom. The van der Waals surface area contributed by atoms with E-state index in [1.165, 1.54) is 0 Å². The number of nitrogens with zero attached hydrogens (tertiary/aromatic N) is 1. The van der Waals surface area contributed by atoms with Gasteiger partial charge in [0.2, 0.25) is 10.0 Å². The van der Waals surface area contributed by atoms with Crippen molar-refractivity contribution < 1.29 is 22.3 Å². The first-order valence-electron chi connectivity index (χ1n) is 5.51. The summed E-state index contributed by atoms with van der Waals surface area (Å²) in [6.45, 7) is -0.0832. The second-order valence-corrected chi connectivity index (χ2v) is 5.98. The second kappa shape index (κ2) is 6.38. The molecule has 0 bridgehead atoms. The smallest absolute Gasteiger partial charge is 0.243 e. The van der Waals surface area contributed by atoms with Gasteiger partial charge in [-0.2, -0.15) is 0 Å². The van der Waals surface area contributed by atoms with Crippen molar-refractivity contribution in [2.24, 2.45) is 0 Å². The van der Waals surface area contributed by atoms with Gasteiger partial charge < -0.3 is 10.0 Å². The zero-order valence-electron chi connectivity index (χ0n) is 10.7. The van der Waals surface area contributed by atoms with Crippen LogP contribution in [-0.4, -0.2) is 45.6 Å². The number of likely N-dealkylation sites (N-methyl/N-ethyl adjacent to an activating group) is 1. The Bertz CT molecular complexity index is 547. The molecule has 19 heavy (non-hydrogen) atoms. The van der Waals surface area contributed by atoms with Crippen LogP contribution >= 0.6 is 0 Å². The lowest BCUT2D eigenvalue weighted by molar-refractivity contribution is 0.280. The molecule has 0 aliphatic carbocycles. The molecule has 5 nitrogen and oxygen atoms in total. The highest BCUT2D eigenvalue weighted by Crippen LogP contribution is 2.19. The third-order valence-electron chi connectivity index (χ3n) is 2.38. The van der Waals surface area contributed by atoms with Gasteiger partial charge in [-0.3, -0.25) is 0 Å². The first-order valence-corrected chi connectivity index (χ1v) is 6.99. The van der Waals surface area contributed by atoms with Gasteiger partial charge >= 0.3 is 0 Å². The van der Waals surface area contributed by atoms with Crippen LogP contribution in [0.2, 0.25) is 0 Å². The van der Waals surface area contributed by atoms with E-state index in [-0.39, 0.29) is 12.1 Å². The minimum atomic E-state index is -4.14. The molecule has 0 aliphatic rings. The standard InChI is InChI=1S/C11H16F2N2O3S/c1-15(2)4-3-14-19(17,18)10-6-8(7-16)5-9(12)11(10)13/h5-6,14,16H,3-4,7H2,1-2H3.